The molecule has 2 amide bonds. The van der Waals surface area contributed by atoms with Gasteiger partial charge in [0, 0.05) is 18.7 Å². The van der Waals surface area contributed by atoms with Crippen molar-refractivity contribution < 1.29 is 14.3 Å². The summed E-state index contributed by atoms with van der Waals surface area (Å²) in [5.74, 6) is -0.185. The number of aryl methyl sites for hydroxylation is 1. The number of hydrogen-bond acceptors (Lipinski definition) is 3. The van der Waals surface area contributed by atoms with Crippen LogP contribution in [0.5, 0.6) is 0 Å². The van der Waals surface area contributed by atoms with Crippen molar-refractivity contribution in [3.63, 3.8) is 0 Å². The number of urea groups is 1. The van der Waals surface area contributed by atoms with E-state index in [0.29, 0.717) is 13.0 Å². The van der Waals surface area contributed by atoms with Crippen LogP contribution >= 0.6 is 0 Å². The van der Waals surface area contributed by atoms with Gasteiger partial charge in [-0.15, -0.1) is 0 Å². The van der Waals surface area contributed by atoms with Gasteiger partial charge in [0.1, 0.15) is 0 Å². The lowest BCUT2D eigenvalue weighted by molar-refractivity contribution is -0.140. The molecule has 0 radical (unpaired) electrons. The van der Waals surface area contributed by atoms with E-state index in [4.69, 9.17) is 0 Å². The van der Waals surface area contributed by atoms with E-state index in [9.17, 15) is 9.59 Å². The first-order valence-corrected chi connectivity index (χ1v) is 6.81. The fourth-order valence-corrected chi connectivity index (χ4v) is 1.75. The van der Waals surface area contributed by atoms with Gasteiger partial charge in [0.15, 0.2) is 0 Å². The number of methoxy groups -OCH3 is 1. The molecular formula is C15H22N2O3. The zero-order chi connectivity index (χ0) is 14.8. The summed E-state index contributed by atoms with van der Waals surface area (Å²) >= 11 is 0. The van der Waals surface area contributed by atoms with Crippen molar-refractivity contribution in [2.24, 2.45) is 0 Å². The molecule has 20 heavy (non-hydrogen) atoms. The fourth-order valence-electron chi connectivity index (χ4n) is 1.75. The Morgan fingerprint density at radius 3 is 2.60 bits per heavy atom. The van der Waals surface area contributed by atoms with Crippen LogP contribution < -0.4 is 10.6 Å². The van der Waals surface area contributed by atoms with Crippen LogP contribution in [-0.4, -0.2) is 25.7 Å². The summed E-state index contributed by atoms with van der Waals surface area (Å²) in [6.45, 7) is 2.54. The van der Waals surface area contributed by atoms with Crippen LogP contribution in [-0.2, 0) is 9.53 Å². The topological polar surface area (TPSA) is 67.4 Å². The fraction of sp³-hybridized carbons (Fsp3) is 0.467. The van der Waals surface area contributed by atoms with Crippen LogP contribution in [0.2, 0.25) is 0 Å². The third-order valence-electron chi connectivity index (χ3n) is 2.96. The molecule has 0 bridgehead atoms. The monoisotopic (exact) mass is 278 g/mol. The number of unbranched alkanes of at least 4 members (excludes halogenated alkanes) is 2. The van der Waals surface area contributed by atoms with Gasteiger partial charge in [-0.25, -0.2) is 4.79 Å². The molecule has 1 rings (SSSR count). The van der Waals surface area contributed by atoms with Gasteiger partial charge in [0.05, 0.1) is 7.11 Å². The molecule has 0 spiro atoms. The maximum atomic E-state index is 11.7. The maximum Gasteiger partial charge on any atom is 0.319 e. The lowest BCUT2D eigenvalue weighted by Crippen LogP contribution is -2.29. The quantitative estimate of drug-likeness (QED) is 0.595. The summed E-state index contributed by atoms with van der Waals surface area (Å²) in [6, 6.07) is 7.43. The van der Waals surface area contributed by atoms with Crippen molar-refractivity contribution in [3.05, 3.63) is 29.8 Å². The van der Waals surface area contributed by atoms with E-state index in [1.807, 2.05) is 31.2 Å². The minimum atomic E-state index is -0.202. The molecule has 0 atom stereocenters. The molecule has 5 heteroatoms. The molecule has 1 aromatic carbocycles. The Morgan fingerprint density at radius 2 is 1.90 bits per heavy atom. The highest BCUT2D eigenvalue weighted by molar-refractivity contribution is 5.89. The zero-order valence-corrected chi connectivity index (χ0v) is 12.1. The molecule has 110 valence electrons. The standard InChI is InChI=1S/C15H22N2O3/c1-12-8-5-6-9-13(12)17-15(19)16-11-7-3-4-10-14(18)20-2/h5-6,8-9H,3-4,7,10-11H2,1-2H3,(H2,16,17,19). The highest BCUT2D eigenvalue weighted by Gasteiger charge is 2.03. The Hall–Kier alpha value is -2.04. The molecule has 0 saturated heterocycles. The second-order valence-electron chi connectivity index (χ2n) is 4.58. The molecule has 0 heterocycles. The van der Waals surface area contributed by atoms with Crippen molar-refractivity contribution in [3.8, 4) is 0 Å². The van der Waals surface area contributed by atoms with Crippen LogP contribution in [0, 0.1) is 6.92 Å². The summed E-state index contributed by atoms with van der Waals surface area (Å²) in [4.78, 5) is 22.5. The van der Waals surface area contributed by atoms with Crippen molar-refractivity contribution in [2.45, 2.75) is 32.6 Å². The summed E-state index contributed by atoms with van der Waals surface area (Å²) in [7, 11) is 1.39. The molecule has 2 N–H and O–H groups in total. The third-order valence-corrected chi connectivity index (χ3v) is 2.96. The van der Waals surface area contributed by atoms with Crippen LogP contribution in [0.3, 0.4) is 0 Å². The molecule has 0 aliphatic carbocycles. The number of carbonyl (C=O) groups is 2. The summed E-state index contributed by atoms with van der Waals surface area (Å²) < 4.78 is 4.55. The Kier molecular flexibility index (Phi) is 7.17. The van der Waals surface area contributed by atoms with Gasteiger partial charge in [-0.1, -0.05) is 24.6 Å². The lowest BCUT2D eigenvalue weighted by atomic mass is 10.2. The second kappa shape index (κ2) is 8.96. The third kappa shape index (κ3) is 6.22. The predicted molar refractivity (Wildman–Crippen MR) is 78.7 cm³/mol. The number of benzene rings is 1. The highest BCUT2D eigenvalue weighted by atomic mass is 16.5. The van der Waals surface area contributed by atoms with Crippen molar-refractivity contribution in [2.75, 3.05) is 19.0 Å². The minimum absolute atomic E-state index is 0.185. The predicted octanol–water partition coefficient (Wildman–Crippen LogP) is 2.85. The normalized spacial score (nSPS) is 9.90. The van der Waals surface area contributed by atoms with Gasteiger partial charge in [0.2, 0.25) is 0 Å². The Labute approximate surface area is 119 Å². The number of ether oxygens (including phenoxy) is 1. The van der Waals surface area contributed by atoms with Gasteiger partial charge >= 0.3 is 12.0 Å². The molecular weight excluding hydrogens is 256 g/mol. The molecule has 1 aromatic rings. The van der Waals surface area contributed by atoms with E-state index < -0.39 is 0 Å². The molecule has 0 saturated carbocycles. The minimum Gasteiger partial charge on any atom is -0.469 e. The van der Waals surface area contributed by atoms with Crippen molar-refractivity contribution >= 4 is 17.7 Å². The maximum absolute atomic E-state index is 11.7. The molecule has 5 nitrogen and oxygen atoms in total. The Balaban J connectivity index is 2.12. The Bertz CT molecular complexity index is 446. The molecule has 0 aliphatic heterocycles. The van der Waals surface area contributed by atoms with Crippen LogP contribution in [0.25, 0.3) is 0 Å². The molecule has 0 unspecified atom stereocenters. The van der Waals surface area contributed by atoms with E-state index in [2.05, 4.69) is 15.4 Å². The lowest BCUT2D eigenvalue weighted by Gasteiger charge is -2.09. The first-order chi connectivity index (χ1) is 9.63. The van der Waals surface area contributed by atoms with Crippen molar-refractivity contribution in [1.29, 1.82) is 0 Å². The molecule has 0 aromatic heterocycles. The van der Waals surface area contributed by atoms with E-state index in [1.54, 1.807) is 0 Å². The van der Waals surface area contributed by atoms with E-state index in [-0.39, 0.29) is 12.0 Å². The van der Waals surface area contributed by atoms with Crippen LogP contribution in [0.1, 0.15) is 31.2 Å². The zero-order valence-electron chi connectivity index (χ0n) is 12.1. The number of esters is 1. The first kappa shape index (κ1) is 16.0. The first-order valence-electron chi connectivity index (χ1n) is 6.81. The van der Waals surface area contributed by atoms with Crippen LogP contribution in [0.4, 0.5) is 10.5 Å². The number of anilines is 1. The number of amides is 2. The van der Waals surface area contributed by atoms with Gasteiger partial charge in [-0.05, 0) is 31.4 Å². The Morgan fingerprint density at radius 1 is 1.15 bits per heavy atom. The summed E-state index contributed by atoms with van der Waals surface area (Å²) in [5.41, 5.74) is 1.84. The summed E-state index contributed by atoms with van der Waals surface area (Å²) in [6.07, 6.45) is 2.96. The van der Waals surface area contributed by atoms with Gasteiger partial charge in [-0.3, -0.25) is 4.79 Å². The number of nitrogens with one attached hydrogen (secondary N) is 2. The average Bonchev–Trinajstić information content (AvgIpc) is 2.44. The van der Waals surface area contributed by atoms with Crippen LogP contribution in [0.15, 0.2) is 24.3 Å². The van der Waals surface area contributed by atoms with E-state index >= 15 is 0 Å². The van der Waals surface area contributed by atoms with E-state index in [0.717, 1.165) is 30.5 Å². The second-order valence-corrected chi connectivity index (χ2v) is 4.58. The number of para-hydroxylation sites is 1. The summed E-state index contributed by atoms with van der Waals surface area (Å²) in [5, 5.41) is 5.60. The number of carbonyl (C=O) groups excluding carboxylic acids is 2. The van der Waals surface area contributed by atoms with Gasteiger partial charge < -0.3 is 15.4 Å². The van der Waals surface area contributed by atoms with Gasteiger partial charge in [0.25, 0.3) is 0 Å². The molecule has 0 aliphatic rings. The SMILES string of the molecule is COC(=O)CCCCCNC(=O)Nc1ccccc1C. The van der Waals surface area contributed by atoms with Crippen molar-refractivity contribution in [1.82, 2.24) is 5.32 Å². The van der Waals surface area contributed by atoms with Gasteiger partial charge in [-0.2, -0.15) is 0 Å². The number of hydrogen-bond donors (Lipinski definition) is 2. The smallest absolute Gasteiger partial charge is 0.319 e. The highest BCUT2D eigenvalue weighted by Crippen LogP contribution is 2.12. The average molecular weight is 278 g/mol. The molecule has 0 fully saturated rings. The largest absolute Gasteiger partial charge is 0.469 e. The number of rotatable bonds is 7. The van der Waals surface area contributed by atoms with E-state index in [1.165, 1.54) is 7.11 Å².